The first-order valence-electron chi connectivity index (χ1n) is 8.66. The summed E-state index contributed by atoms with van der Waals surface area (Å²) in [5.74, 6) is -0.0196. The van der Waals surface area contributed by atoms with Crippen LogP contribution in [0.25, 0.3) is 0 Å². The van der Waals surface area contributed by atoms with E-state index in [-0.39, 0.29) is 23.4 Å². The van der Waals surface area contributed by atoms with Crippen molar-refractivity contribution in [3.8, 4) is 0 Å². The Balaban J connectivity index is 1.98. The highest BCUT2D eigenvalue weighted by Crippen LogP contribution is 2.36. The molecule has 0 saturated heterocycles. The number of nitro benzene ring substituents is 1. The van der Waals surface area contributed by atoms with Crippen LogP contribution in [-0.2, 0) is 11.2 Å². The lowest BCUT2D eigenvalue weighted by Gasteiger charge is -2.28. The summed E-state index contributed by atoms with van der Waals surface area (Å²) < 4.78 is 0. The molecule has 1 amide bonds. The molecule has 25 heavy (non-hydrogen) atoms. The molecule has 0 radical (unpaired) electrons. The topological polar surface area (TPSA) is 63.5 Å². The van der Waals surface area contributed by atoms with Gasteiger partial charge < -0.3 is 4.90 Å². The number of amides is 1. The van der Waals surface area contributed by atoms with E-state index in [1.165, 1.54) is 12.1 Å². The van der Waals surface area contributed by atoms with Gasteiger partial charge in [-0.05, 0) is 23.5 Å². The molecule has 130 valence electrons. The number of carbonyl (C=O) groups excluding carboxylic acids is 1. The summed E-state index contributed by atoms with van der Waals surface area (Å²) in [5, 5.41) is 11.1. The highest BCUT2D eigenvalue weighted by molar-refractivity contribution is 6.00. The first-order valence-corrected chi connectivity index (χ1v) is 8.66. The summed E-state index contributed by atoms with van der Waals surface area (Å²) in [6.45, 7) is 4.74. The first-order chi connectivity index (χ1) is 12.0. The zero-order valence-corrected chi connectivity index (χ0v) is 14.5. The average molecular weight is 338 g/mol. The zero-order chi connectivity index (χ0) is 18.0. The van der Waals surface area contributed by atoms with Gasteiger partial charge >= 0.3 is 0 Å². The molecular formula is C20H22N2O3. The van der Waals surface area contributed by atoms with Crippen molar-refractivity contribution in [1.29, 1.82) is 0 Å². The monoisotopic (exact) mass is 338 g/mol. The molecule has 2 atom stereocenters. The number of benzene rings is 2. The minimum atomic E-state index is -0.412. The van der Waals surface area contributed by atoms with Crippen molar-refractivity contribution >= 4 is 17.3 Å². The largest absolute Gasteiger partial charge is 0.311 e. The van der Waals surface area contributed by atoms with Gasteiger partial charge in [-0.1, -0.05) is 56.7 Å². The van der Waals surface area contributed by atoms with Crippen LogP contribution in [0.15, 0.2) is 48.5 Å². The molecule has 0 saturated carbocycles. The van der Waals surface area contributed by atoms with Crippen LogP contribution in [0.4, 0.5) is 11.4 Å². The number of rotatable bonds is 5. The van der Waals surface area contributed by atoms with Crippen molar-refractivity contribution in [3.05, 3.63) is 69.8 Å². The molecule has 3 rings (SSSR count). The van der Waals surface area contributed by atoms with Crippen LogP contribution in [-0.4, -0.2) is 17.4 Å². The Hall–Kier alpha value is -2.69. The lowest BCUT2D eigenvalue weighted by molar-refractivity contribution is -0.384. The lowest BCUT2D eigenvalue weighted by Crippen LogP contribution is -2.36. The van der Waals surface area contributed by atoms with E-state index in [1.807, 2.05) is 30.3 Å². The normalized spacial score (nSPS) is 15.5. The zero-order valence-electron chi connectivity index (χ0n) is 14.5. The molecule has 2 aromatic rings. The summed E-state index contributed by atoms with van der Waals surface area (Å²) in [7, 11) is 0. The van der Waals surface area contributed by atoms with Gasteiger partial charge in [0.05, 0.1) is 16.5 Å². The maximum absolute atomic E-state index is 13.3. The van der Waals surface area contributed by atoms with Crippen LogP contribution in [0.1, 0.15) is 37.3 Å². The van der Waals surface area contributed by atoms with E-state index in [2.05, 4.69) is 13.8 Å². The third kappa shape index (κ3) is 3.27. The van der Waals surface area contributed by atoms with Crippen molar-refractivity contribution in [2.24, 2.45) is 5.92 Å². The van der Waals surface area contributed by atoms with E-state index in [1.54, 1.807) is 11.0 Å². The number of anilines is 1. The third-order valence-electron chi connectivity index (χ3n) is 5.08. The van der Waals surface area contributed by atoms with Crippen LogP contribution in [0.5, 0.6) is 0 Å². The number of carbonyl (C=O) groups is 1. The van der Waals surface area contributed by atoms with Gasteiger partial charge in [-0.3, -0.25) is 14.9 Å². The highest BCUT2D eigenvalue weighted by atomic mass is 16.6. The maximum Gasteiger partial charge on any atom is 0.271 e. The Morgan fingerprint density at radius 3 is 2.60 bits per heavy atom. The van der Waals surface area contributed by atoms with Crippen LogP contribution in [0.3, 0.4) is 0 Å². The lowest BCUT2D eigenvalue weighted by atomic mass is 9.84. The van der Waals surface area contributed by atoms with Gasteiger partial charge in [-0.2, -0.15) is 0 Å². The van der Waals surface area contributed by atoms with Gasteiger partial charge in [-0.25, -0.2) is 0 Å². The predicted octanol–water partition coefficient (Wildman–Crippen LogP) is 4.31. The van der Waals surface area contributed by atoms with Gasteiger partial charge in [0.2, 0.25) is 5.91 Å². The Kier molecular flexibility index (Phi) is 4.83. The highest BCUT2D eigenvalue weighted by Gasteiger charge is 2.34. The van der Waals surface area contributed by atoms with Crippen LogP contribution in [0, 0.1) is 16.0 Å². The van der Waals surface area contributed by atoms with Gasteiger partial charge in [0.25, 0.3) is 5.69 Å². The van der Waals surface area contributed by atoms with E-state index < -0.39 is 4.92 Å². The van der Waals surface area contributed by atoms with Gasteiger partial charge in [-0.15, -0.1) is 0 Å². The SMILES string of the molecule is CCC(C)C(C(=O)N1CCc2ccc([N+](=O)[O-])cc21)c1ccccc1. The maximum atomic E-state index is 13.3. The number of fused-ring (bicyclic) bond motifs is 1. The van der Waals surface area contributed by atoms with Gasteiger partial charge in [0.15, 0.2) is 0 Å². The molecule has 1 aliphatic rings. The first kappa shape index (κ1) is 17.1. The Morgan fingerprint density at radius 1 is 1.24 bits per heavy atom. The van der Waals surface area contributed by atoms with E-state index >= 15 is 0 Å². The number of nitro groups is 1. The Labute approximate surface area is 147 Å². The van der Waals surface area contributed by atoms with Crippen molar-refractivity contribution in [3.63, 3.8) is 0 Å². The molecule has 1 aliphatic heterocycles. The number of nitrogens with zero attached hydrogens (tertiary/aromatic N) is 2. The molecule has 0 spiro atoms. The second-order valence-corrected chi connectivity index (χ2v) is 6.58. The number of non-ortho nitro benzene ring substituents is 1. The summed E-state index contributed by atoms with van der Waals surface area (Å²) in [4.78, 5) is 25.8. The molecule has 5 nitrogen and oxygen atoms in total. The Morgan fingerprint density at radius 2 is 1.96 bits per heavy atom. The van der Waals surface area contributed by atoms with Gasteiger partial charge in [0.1, 0.15) is 0 Å². The van der Waals surface area contributed by atoms with Gasteiger partial charge in [0, 0.05) is 18.7 Å². The summed E-state index contributed by atoms with van der Waals surface area (Å²) in [6.07, 6.45) is 1.63. The molecule has 2 unspecified atom stereocenters. The summed E-state index contributed by atoms with van der Waals surface area (Å²) in [6, 6.07) is 14.6. The quantitative estimate of drug-likeness (QED) is 0.602. The van der Waals surface area contributed by atoms with Crippen LogP contribution in [0.2, 0.25) is 0 Å². The summed E-state index contributed by atoms with van der Waals surface area (Å²) in [5.41, 5.74) is 2.71. The fraction of sp³-hybridized carbons (Fsp3) is 0.350. The van der Waals surface area contributed by atoms with Crippen molar-refractivity contribution in [1.82, 2.24) is 0 Å². The smallest absolute Gasteiger partial charge is 0.271 e. The fourth-order valence-corrected chi connectivity index (χ4v) is 3.49. The Bertz CT molecular complexity index is 789. The van der Waals surface area contributed by atoms with Crippen molar-refractivity contribution in [2.75, 3.05) is 11.4 Å². The molecule has 0 fully saturated rings. The van der Waals surface area contributed by atoms with E-state index in [0.717, 1.165) is 24.0 Å². The molecule has 0 aromatic heterocycles. The molecule has 0 N–H and O–H groups in total. The van der Waals surface area contributed by atoms with Crippen molar-refractivity contribution < 1.29 is 9.72 Å². The minimum Gasteiger partial charge on any atom is -0.311 e. The second-order valence-electron chi connectivity index (χ2n) is 6.58. The number of hydrogen-bond donors (Lipinski definition) is 0. The predicted molar refractivity (Wildman–Crippen MR) is 97.8 cm³/mol. The standard InChI is InChI=1S/C20H22N2O3/c1-3-14(2)19(16-7-5-4-6-8-16)20(23)21-12-11-15-9-10-17(22(24)25)13-18(15)21/h4-10,13-14,19H,3,11-12H2,1-2H3. The fourth-order valence-electron chi connectivity index (χ4n) is 3.49. The van der Waals surface area contributed by atoms with Crippen LogP contribution < -0.4 is 4.90 Å². The van der Waals surface area contributed by atoms with E-state index in [0.29, 0.717) is 12.2 Å². The molecular weight excluding hydrogens is 316 g/mol. The van der Waals surface area contributed by atoms with E-state index in [9.17, 15) is 14.9 Å². The molecule has 0 aliphatic carbocycles. The second kappa shape index (κ2) is 7.05. The van der Waals surface area contributed by atoms with Crippen molar-refractivity contribution in [2.45, 2.75) is 32.6 Å². The number of hydrogen-bond acceptors (Lipinski definition) is 3. The minimum absolute atomic E-state index is 0.0262. The average Bonchev–Trinajstić information content (AvgIpc) is 3.05. The molecule has 0 bridgehead atoms. The molecule has 5 heteroatoms. The third-order valence-corrected chi connectivity index (χ3v) is 5.08. The molecule has 1 heterocycles. The van der Waals surface area contributed by atoms with E-state index in [4.69, 9.17) is 0 Å². The molecule has 2 aromatic carbocycles. The van der Waals surface area contributed by atoms with Crippen LogP contribution >= 0.6 is 0 Å². The summed E-state index contributed by atoms with van der Waals surface area (Å²) >= 11 is 0.